The highest BCUT2D eigenvalue weighted by molar-refractivity contribution is 5.77. The second kappa shape index (κ2) is 3.27. The van der Waals surface area contributed by atoms with E-state index in [2.05, 4.69) is 5.32 Å². The van der Waals surface area contributed by atoms with E-state index in [4.69, 9.17) is 9.47 Å². The van der Waals surface area contributed by atoms with Crippen LogP contribution in [0, 0.1) is 0 Å². The van der Waals surface area contributed by atoms with E-state index in [-0.39, 0.29) is 17.6 Å². The van der Waals surface area contributed by atoms with Gasteiger partial charge in [-0.25, -0.2) is 0 Å². The van der Waals surface area contributed by atoms with E-state index >= 15 is 0 Å². The van der Waals surface area contributed by atoms with E-state index in [0.29, 0.717) is 6.61 Å². The van der Waals surface area contributed by atoms with Crippen LogP contribution in [0.1, 0.15) is 19.3 Å². The van der Waals surface area contributed by atoms with Crippen LogP contribution in [0.2, 0.25) is 0 Å². The standard InChI is InChI=1S/C9H15NO3/c1-12-8(11)7-9(3-2-4-9)13-6-5-10-7/h7,10H,2-6H2,1H3. The number of hydrogen-bond donors (Lipinski definition) is 1. The minimum atomic E-state index is -0.250. The molecule has 0 amide bonds. The Balaban J connectivity index is 2.09. The van der Waals surface area contributed by atoms with Crippen LogP contribution < -0.4 is 5.32 Å². The average Bonchev–Trinajstić information content (AvgIpc) is 2.14. The summed E-state index contributed by atoms with van der Waals surface area (Å²) in [6, 6.07) is -0.250. The van der Waals surface area contributed by atoms with Gasteiger partial charge in [-0.15, -0.1) is 0 Å². The molecular formula is C9H15NO3. The predicted molar refractivity (Wildman–Crippen MR) is 46.3 cm³/mol. The first-order valence-electron chi connectivity index (χ1n) is 4.74. The van der Waals surface area contributed by atoms with E-state index in [0.717, 1.165) is 25.8 Å². The third-order valence-electron chi connectivity index (χ3n) is 3.00. The van der Waals surface area contributed by atoms with Gasteiger partial charge in [0.15, 0.2) is 0 Å². The van der Waals surface area contributed by atoms with E-state index < -0.39 is 0 Å². The summed E-state index contributed by atoms with van der Waals surface area (Å²) in [6.07, 6.45) is 3.09. The van der Waals surface area contributed by atoms with Crippen LogP contribution in [0.4, 0.5) is 0 Å². The van der Waals surface area contributed by atoms with Gasteiger partial charge < -0.3 is 9.47 Å². The molecule has 1 heterocycles. The molecule has 1 saturated carbocycles. The number of hydrogen-bond acceptors (Lipinski definition) is 4. The number of carbonyl (C=O) groups excluding carboxylic acids is 1. The zero-order chi connectivity index (χ0) is 9.31. The van der Waals surface area contributed by atoms with Gasteiger partial charge in [0.25, 0.3) is 0 Å². The summed E-state index contributed by atoms with van der Waals surface area (Å²) in [7, 11) is 1.42. The lowest BCUT2D eigenvalue weighted by Crippen LogP contribution is -2.64. The molecule has 2 fully saturated rings. The molecule has 1 saturated heterocycles. The van der Waals surface area contributed by atoms with Gasteiger partial charge in [0, 0.05) is 6.54 Å². The molecule has 1 aliphatic carbocycles. The van der Waals surface area contributed by atoms with Crippen LogP contribution >= 0.6 is 0 Å². The fourth-order valence-corrected chi connectivity index (χ4v) is 2.10. The molecule has 0 aromatic carbocycles. The Kier molecular flexibility index (Phi) is 2.26. The molecule has 0 radical (unpaired) electrons. The Morgan fingerprint density at radius 2 is 2.38 bits per heavy atom. The van der Waals surface area contributed by atoms with E-state index in [1.807, 2.05) is 0 Å². The predicted octanol–water partition coefficient (Wildman–Crippen LogP) is 0.0705. The van der Waals surface area contributed by atoms with Crippen LogP contribution in [0.5, 0.6) is 0 Å². The van der Waals surface area contributed by atoms with E-state index in [1.54, 1.807) is 0 Å². The van der Waals surface area contributed by atoms with Gasteiger partial charge in [-0.3, -0.25) is 10.1 Å². The summed E-state index contributed by atoms with van der Waals surface area (Å²) >= 11 is 0. The molecule has 0 aromatic rings. The lowest BCUT2D eigenvalue weighted by Gasteiger charge is -2.48. The second-order valence-electron chi connectivity index (χ2n) is 3.68. The van der Waals surface area contributed by atoms with E-state index in [9.17, 15) is 4.79 Å². The van der Waals surface area contributed by atoms with Crippen molar-refractivity contribution in [2.75, 3.05) is 20.3 Å². The minimum absolute atomic E-state index is 0.195. The molecule has 1 unspecified atom stereocenters. The van der Waals surface area contributed by atoms with Crippen molar-refractivity contribution in [1.82, 2.24) is 5.32 Å². The molecule has 1 aliphatic heterocycles. The first kappa shape index (κ1) is 8.97. The van der Waals surface area contributed by atoms with Crippen molar-refractivity contribution in [3.05, 3.63) is 0 Å². The topological polar surface area (TPSA) is 47.6 Å². The third-order valence-corrected chi connectivity index (χ3v) is 3.00. The minimum Gasteiger partial charge on any atom is -0.468 e. The van der Waals surface area contributed by atoms with Gasteiger partial charge >= 0.3 is 5.97 Å². The van der Waals surface area contributed by atoms with Crippen molar-refractivity contribution >= 4 is 5.97 Å². The summed E-state index contributed by atoms with van der Waals surface area (Å²) in [4.78, 5) is 11.4. The summed E-state index contributed by atoms with van der Waals surface area (Å²) in [5.74, 6) is -0.195. The Morgan fingerprint density at radius 3 is 2.92 bits per heavy atom. The number of nitrogens with one attached hydrogen (secondary N) is 1. The maximum absolute atomic E-state index is 11.4. The molecule has 1 N–H and O–H groups in total. The maximum Gasteiger partial charge on any atom is 0.325 e. The molecule has 2 rings (SSSR count). The van der Waals surface area contributed by atoms with Crippen LogP contribution in [0.3, 0.4) is 0 Å². The molecule has 0 aromatic heterocycles. The Bertz CT molecular complexity index is 213. The maximum atomic E-state index is 11.4. The molecule has 1 spiro atoms. The quantitative estimate of drug-likeness (QED) is 0.587. The van der Waals surface area contributed by atoms with E-state index in [1.165, 1.54) is 7.11 Å². The first-order valence-corrected chi connectivity index (χ1v) is 4.74. The number of methoxy groups -OCH3 is 1. The normalized spacial score (nSPS) is 31.0. The van der Waals surface area contributed by atoms with Gasteiger partial charge in [-0.1, -0.05) is 0 Å². The Morgan fingerprint density at radius 1 is 1.62 bits per heavy atom. The van der Waals surface area contributed by atoms with Crippen LogP contribution in [0.15, 0.2) is 0 Å². The highest BCUT2D eigenvalue weighted by Crippen LogP contribution is 2.40. The molecular weight excluding hydrogens is 170 g/mol. The number of esters is 1. The molecule has 2 aliphatic rings. The summed E-state index contributed by atoms with van der Waals surface area (Å²) in [6.45, 7) is 1.44. The largest absolute Gasteiger partial charge is 0.468 e. The van der Waals surface area contributed by atoms with Crippen molar-refractivity contribution in [3.8, 4) is 0 Å². The zero-order valence-electron chi connectivity index (χ0n) is 7.84. The number of morpholine rings is 1. The van der Waals surface area contributed by atoms with Crippen molar-refractivity contribution in [2.24, 2.45) is 0 Å². The monoisotopic (exact) mass is 185 g/mol. The molecule has 0 bridgehead atoms. The van der Waals surface area contributed by atoms with Gasteiger partial charge in [0.2, 0.25) is 0 Å². The second-order valence-corrected chi connectivity index (χ2v) is 3.68. The molecule has 4 heteroatoms. The van der Waals surface area contributed by atoms with Crippen molar-refractivity contribution in [2.45, 2.75) is 30.9 Å². The zero-order valence-corrected chi connectivity index (χ0v) is 7.84. The third kappa shape index (κ3) is 1.34. The van der Waals surface area contributed by atoms with Crippen LogP contribution in [-0.2, 0) is 14.3 Å². The average molecular weight is 185 g/mol. The van der Waals surface area contributed by atoms with Gasteiger partial charge in [-0.05, 0) is 19.3 Å². The van der Waals surface area contributed by atoms with Gasteiger partial charge in [0.05, 0.1) is 19.3 Å². The molecule has 74 valence electrons. The molecule has 1 atom stereocenters. The summed E-state index contributed by atoms with van der Waals surface area (Å²) in [5.41, 5.74) is -0.245. The van der Waals surface area contributed by atoms with Crippen molar-refractivity contribution < 1.29 is 14.3 Å². The van der Waals surface area contributed by atoms with Crippen molar-refractivity contribution in [1.29, 1.82) is 0 Å². The summed E-state index contributed by atoms with van der Waals surface area (Å²) < 4.78 is 10.4. The van der Waals surface area contributed by atoms with Gasteiger partial charge in [-0.2, -0.15) is 0 Å². The fraction of sp³-hybridized carbons (Fsp3) is 0.889. The smallest absolute Gasteiger partial charge is 0.325 e. The SMILES string of the molecule is COC(=O)C1NCCOC12CCC2. The highest BCUT2D eigenvalue weighted by Gasteiger charge is 2.50. The molecule has 13 heavy (non-hydrogen) atoms. The number of rotatable bonds is 1. The van der Waals surface area contributed by atoms with Gasteiger partial charge in [0.1, 0.15) is 6.04 Å². The highest BCUT2D eigenvalue weighted by atomic mass is 16.5. The Hall–Kier alpha value is -0.610. The molecule has 4 nitrogen and oxygen atoms in total. The van der Waals surface area contributed by atoms with Crippen molar-refractivity contribution in [3.63, 3.8) is 0 Å². The number of carbonyl (C=O) groups is 1. The summed E-state index contributed by atoms with van der Waals surface area (Å²) in [5, 5.41) is 3.16. The van der Waals surface area contributed by atoms with Crippen LogP contribution in [-0.4, -0.2) is 37.9 Å². The Labute approximate surface area is 77.6 Å². The lowest BCUT2D eigenvalue weighted by atomic mass is 9.73. The fourth-order valence-electron chi connectivity index (χ4n) is 2.10. The van der Waals surface area contributed by atoms with Crippen LogP contribution in [0.25, 0.3) is 0 Å². The lowest BCUT2D eigenvalue weighted by molar-refractivity contribution is -0.176. The first-order chi connectivity index (χ1) is 6.28. The number of ether oxygens (including phenoxy) is 2.